The van der Waals surface area contributed by atoms with Gasteiger partial charge in [0.2, 0.25) is 0 Å². The predicted molar refractivity (Wildman–Crippen MR) is 86.0 cm³/mol. The average Bonchev–Trinajstić information content (AvgIpc) is 2.53. The summed E-state index contributed by atoms with van der Waals surface area (Å²) in [5.41, 5.74) is 5.22. The Labute approximate surface area is 117 Å². The van der Waals surface area contributed by atoms with Crippen molar-refractivity contribution in [1.29, 1.82) is 0 Å². The molecule has 0 unspecified atom stereocenters. The van der Waals surface area contributed by atoms with Crippen LogP contribution in [0, 0.1) is 0 Å². The molecule has 0 atom stereocenters. The lowest BCUT2D eigenvalue weighted by Gasteiger charge is -2.01. The molecule has 0 spiro atoms. The lowest BCUT2D eigenvalue weighted by atomic mass is 10.1. The second-order valence-corrected chi connectivity index (χ2v) is 5.36. The molecule has 1 aliphatic heterocycles. The Balaban J connectivity index is 2.50. The van der Waals surface area contributed by atoms with Crippen LogP contribution in [-0.2, 0) is 0 Å². The highest BCUT2D eigenvalue weighted by molar-refractivity contribution is 5.96. The maximum Gasteiger partial charge on any atom is 0.0406 e. The summed E-state index contributed by atoms with van der Waals surface area (Å²) in [6, 6.07) is 0. The van der Waals surface area contributed by atoms with Crippen LogP contribution in [0.1, 0.15) is 59.8 Å². The van der Waals surface area contributed by atoms with E-state index in [4.69, 9.17) is 0 Å². The first-order valence-corrected chi connectivity index (χ1v) is 7.18. The van der Waals surface area contributed by atoms with Gasteiger partial charge in [0.25, 0.3) is 0 Å². The third kappa shape index (κ3) is 6.90. The molecular formula is C17H26N2. The quantitative estimate of drug-likeness (QED) is 0.582. The molecule has 19 heavy (non-hydrogen) atoms. The Bertz CT molecular complexity index is 434. The first kappa shape index (κ1) is 15.6. The summed E-state index contributed by atoms with van der Waals surface area (Å²) < 4.78 is 0. The van der Waals surface area contributed by atoms with Crippen molar-refractivity contribution in [2.24, 2.45) is 9.98 Å². The molecule has 0 aliphatic carbocycles. The van der Waals surface area contributed by atoms with Crippen LogP contribution in [0.5, 0.6) is 0 Å². The largest absolute Gasteiger partial charge is 0.269 e. The van der Waals surface area contributed by atoms with E-state index in [2.05, 4.69) is 43.8 Å². The fourth-order valence-corrected chi connectivity index (χ4v) is 1.96. The zero-order valence-electron chi connectivity index (χ0n) is 12.7. The molecule has 0 aromatic heterocycles. The van der Waals surface area contributed by atoms with Gasteiger partial charge >= 0.3 is 0 Å². The van der Waals surface area contributed by atoms with Gasteiger partial charge in [-0.05, 0) is 52.5 Å². The predicted octanol–water partition coefficient (Wildman–Crippen LogP) is 5.24. The van der Waals surface area contributed by atoms with Gasteiger partial charge in [-0.1, -0.05) is 30.1 Å². The van der Waals surface area contributed by atoms with Gasteiger partial charge in [0.05, 0.1) is 0 Å². The van der Waals surface area contributed by atoms with Gasteiger partial charge < -0.3 is 0 Å². The van der Waals surface area contributed by atoms with Crippen LogP contribution in [0.25, 0.3) is 0 Å². The lowest BCUT2D eigenvalue weighted by molar-refractivity contribution is 0.994. The van der Waals surface area contributed by atoms with Crippen LogP contribution in [0.4, 0.5) is 0 Å². The van der Waals surface area contributed by atoms with E-state index < -0.39 is 0 Å². The number of allylic oxidation sites excluding steroid dienone is 4. The van der Waals surface area contributed by atoms with Gasteiger partial charge in [-0.25, -0.2) is 0 Å². The molecule has 0 aromatic carbocycles. The smallest absolute Gasteiger partial charge is 0.0406 e. The van der Waals surface area contributed by atoms with E-state index >= 15 is 0 Å². The number of unbranched alkanes of at least 4 members (excludes halogenated alkanes) is 1. The zero-order valence-corrected chi connectivity index (χ0v) is 12.7. The Morgan fingerprint density at radius 3 is 2.89 bits per heavy atom. The number of hydrogen-bond donors (Lipinski definition) is 0. The summed E-state index contributed by atoms with van der Waals surface area (Å²) in [5, 5.41) is 0. The Hall–Kier alpha value is -1.44. The Kier molecular flexibility index (Phi) is 7.09. The van der Waals surface area contributed by atoms with Gasteiger partial charge in [-0.15, -0.1) is 0 Å². The average molecular weight is 258 g/mol. The monoisotopic (exact) mass is 258 g/mol. The molecule has 2 heteroatoms. The minimum Gasteiger partial charge on any atom is -0.269 e. The molecule has 0 bridgehead atoms. The van der Waals surface area contributed by atoms with Gasteiger partial charge in [-0.3, -0.25) is 9.98 Å². The van der Waals surface area contributed by atoms with Crippen molar-refractivity contribution in [1.82, 2.24) is 0 Å². The molecule has 0 aromatic rings. The second-order valence-electron chi connectivity index (χ2n) is 5.36. The van der Waals surface area contributed by atoms with Crippen molar-refractivity contribution in [3.05, 3.63) is 35.2 Å². The van der Waals surface area contributed by atoms with Gasteiger partial charge in [0.1, 0.15) is 0 Å². The third-order valence-electron chi connectivity index (χ3n) is 3.02. The van der Waals surface area contributed by atoms with E-state index in [1.807, 2.05) is 18.6 Å². The molecule has 0 saturated heterocycles. The van der Waals surface area contributed by atoms with E-state index in [1.165, 1.54) is 22.4 Å². The second kappa shape index (κ2) is 8.63. The van der Waals surface area contributed by atoms with Crippen molar-refractivity contribution < 1.29 is 0 Å². The number of hydrogen-bond acceptors (Lipinski definition) is 2. The molecule has 0 amide bonds. The van der Waals surface area contributed by atoms with Crippen molar-refractivity contribution in [3.8, 4) is 0 Å². The van der Waals surface area contributed by atoms with E-state index in [-0.39, 0.29) is 0 Å². The van der Waals surface area contributed by atoms with Crippen LogP contribution in [0.15, 0.2) is 45.2 Å². The maximum atomic E-state index is 4.55. The first-order chi connectivity index (χ1) is 9.11. The summed E-state index contributed by atoms with van der Waals surface area (Å²) in [6.07, 6.45) is 13.5. The molecule has 104 valence electrons. The third-order valence-corrected chi connectivity index (χ3v) is 3.02. The summed E-state index contributed by atoms with van der Waals surface area (Å²) in [6.45, 7) is 8.61. The van der Waals surface area contributed by atoms with Crippen molar-refractivity contribution in [3.63, 3.8) is 0 Å². The Morgan fingerprint density at radius 2 is 2.16 bits per heavy atom. The number of aliphatic imine (C=N–C) groups is 2. The summed E-state index contributed by atoms with van der Waals surface area (Å²) in [4.78, 5) is 8.86. The van der Waals surface area contributed by atoms with Crippen LogP contribution < -0.4 is 0 Å². The normalized spacial score (nSPS) is 17.1. The highest BCUT2D eigenvalue weighted by Gasteiger charge is 2.02. The first-order valence-electron chi connectivity index (χ1n) is 7.18. The van der Waals surface area contributed by atoms with Crippen LogP contribution in [0.2, 0.25) is 0 Å². The topological polar surface area (TPSA) is 24.7 Å². The summed E-state index contributed by atoms with van der Waals surface area (Å²) in [7, 11) is 0. The van der Waals surface area contributed by atoms with Gasteiger partial charge in [0.15, 0.2) is 0 Å². The molecule has 0 N–H and O–H groups in total. The fraction of sp³-hybridized carbons (Fsp3) is 0.529. The van der Waals surface area contributed by atoms with Crippen molar-refractivity contribution >= 4 is 11.9 Å². The van der Waals surface area contributed by atoms with E-state index in [0.29, 0.717) is 0 Å². The van der Waals surface area contributed by atoms with Crippen molar-refractivity contribution in [2.45, 2.75) is 59.8 Å². The van der Waals surface area contributed by atoms with Gasteiger partial charge in [-0.2, -0.15) is 0 Å². The summed E-state index contributed by atoms with van der Waals surface area (Å²) in [5.74, 6) is 0. The van der Waals surface area contributed by atoms with Crippen molar-refractivity contribution in [2.75, 3.05) is 0 Å². The molecule has 1 heterocycles. The highest BCUT2D eigenvalue weighted by Crippen LogP contribution is 2.16. The Morgan fingerprint density at radius 1 is 1.37 bits per heavy atom. The molecule has 1 aliphatic rings. The highest BCUT2D eigenvalue weighted by atomic mass is 14.7. The minimum absolute atomic E-state index is 0.993. The molecule has 0 saturated carbocycles. The summed E-state index contributed by atoms with van der Waals surface area (Å²) >= 11 is 0. The van der Waals surface area contributed by atoms with E-state index in [1.54, 1.807) is 0 Å². The molecule has 2 nitrogen and oxygen atoms in total. The number of rotatable bonds is 6. The molecule has 0 fully saturated rings. The molecule has 1 rings (SSSR count). The van der Waals surface area contributed by atoms with E-state index in [9.17, 15) is 0 Å². The standard InChI is InChI=1S/C17H26N2/c1-5-6-9-18-12-14(2)7-8-17-11-15(3)10-16(4)13-19-17/h9,11-13H,5-8,10H2,1-4H3. The minimum atomic E-state index is 0.993. The van der Waals surface area contributed by atoms with Crippen LogP contribution in [0.3, 0.4) is 0 Å². The molecular weight excluding hydrogens is 232 g/mol. The molecule has 0 radical (unpaired) electrons. The fourth-order valence-electron chi connectivity index (χ4n) is 1.96. The lowest BCUT2D eigenvalue weighted by Crippen LogP contribution is -1.94. The van der Waals surface area contributed by atoms with Crippen LogP contribution in [-0.4, -0.2) is 11.9 Å². The SMILES string of the molecule is CCCC=NC=C(C)CCC1=NC=C(C)CC(C)=C1. The number of nitrogens with zero attached hydrogens (tertiary/aromatic N) is 2. The zero-order chi connectivity index (χ0) is 14.1. The maximum absolute atomic E-state index is 4.55. The van der Waals surface area contributed by atoms with Gasteiger partial charge in [0, 0.05) is 24.3 Å². The van der Waals surface area contributed by atoms with E-state index in [0.717, 1.165) is 32.1 Å². The van der Waals surface area contributed by atoms with Crippen LogP contribution >= 0.6 is 0 Å².